The van der Waals surface area contributed by atoms with Gasteiger partial charge in [-0.2, -0.15) is 0 Å². The molecule has 1 aromatic rings. The summed E-state index contributed by atoms with van der Waals surface area (Å²) in [7, 11) is -0.170. The molecule has 4 nitrogen and oxygen atoms in total. The van der Waals surface area contributed by atoms with Crippen LogP contribution in [-0.4, -0.2) is 5.16 Å². The summed E-state index contributed by atoms with van der Waals surface area (Å²) in [6, 6.07) is 0. The van der Waals surface area contributed by atoms with E-state index in [1.54, 1.807) is 0 Å². The zero-order chi connectivity index (χ0) is 7.56. The minimum absolute atomic E-state index is 0.170. The molecule has 1 heterocycles. The molecule has 5 heteroatoms. The van der Waals surface area contributed by atoms with Crippen LogP contribution in [0.5, 0.6) is 0 Å². The van der Waals surface area contributed by atoms with Crippen LogP contribution in [0.25, 0.3) is 0 Å². The molecule has 0 spiro atoms. The zero-order valence-corrected chi connectivity index (χ0v) is 6.61. The van der Waals surface area contributed by atoms with Crippen LogP contribution in [0.2, 0.25) is 0 Å². The number of aryl methyl sites for hydroxylation is 1. The number of anilines is 1. The average Bonchev–Trinajstić information content (AvgIpc) is 2.20. The van der Waals surface area contributed by atoms with E-state index in [4.69, 9.17) is 4.52 Å². The lowest BCUT2D eigenvalue weighted by atomic mass is 10.3. The molecule has 0 radical (unpaired) electrons. The van der Waals surface area contributed by atoms with E-state index >= 15 is 0 Å². The molecule has 1 rings (SSSR count). The highest BCUT2D eigenvalue weighted by Crippen LogP contribution is 2.19. The summed E-state index contributed by atoms with van der Waals surface area (Å²) < 4.78 is 14.8. The number of hydrogen-bond acceptors (Lipinski definition) is 3. The first kappa shape index (κ1) is 7.22. The number of hydrogen-bond donors (Lipinski definition) is 1. The largest absolute Gasteiger partial charge is 0.338 e. The summed E-state index contributed by atoms with van der Waals surface area (Å²) >= 11 is 0. The van der Waals surface area contributed by atoms with Gasteiger partial charge in [0.15, 0.2) is 0 Å². The van der Waals surface area contributed by atoms with Crippen LogP contribution < -0.4 is 5.09 Å². The van der Waals surface area contributed by atoms with Crippen LogP contribution in [0, 0.1) is 13.8 Å². The quantitative estimate of drug-likeness (QED) is 0.668. The Balaban J connectivity index is 2.93. The van der Waals surface area contributed by atoms with E-state index in [1.807, 2.05) is 13.8 Å². The molecule has 10 heavy (non-hydrogen) atoms. The number of rotatable bonds is 2. The molecule has 1 aromatic heterocycles. The molecule has 0 amide bonds. The van der Waals surface area contributed by atoms with Gasteiger partial charge in [-0.1, -0.05) is 5.16 Å². The number of nitrogens with one attached hydrogen (secondary N) is 1. The van der Waals surface area contributed by atoms with Crippen LogP contribution in [0.4, 0.5) is 5.88 Å². The smallest absolute Gasteiger partial charge is 0.281 e. The zero-order valence-electron chi connectivity index (χ0n) is 5.71. The summed E-state index contributed by atoms with van der Waals surface area (Å²) in [5, 5.41) is 6.14. The van der Waals surface area contributed by atoms with Crippen molar-refractivity contribution >= 4 is 14.5 Å². The van der Waals surface area contributed by atoms with Crippen LogP contribution in [-0.2, 0) is 4.57 Å². The van der Waals surface area contributed by atoms with Gasteiger partial charge in [-0.05, 0) is 13.8 Å². The fraction of sp³-hybridized carbons (Fsp3) is 0.400. The minimum atomic E-state index is -0.170. The van der Waals surface area contributed by atoms with Crippen molar-refractivity contribution in [2.75, 3.05) is 5.09 Å². The van der Waals surface area contributed by atoms with Crippen molar-refractivity contribution in [2.45, 2.75) is 13.8 Å². The van der Waals surface area contributed by atoms with Gasteiger partial charge in [-0.25, -0.2) is 4.57 Å². The van der Waals surface area contributed by atoms with Crippen molar-refractivity contribution in [1.82, 2.24) is 5.16 Å². The fourth-order valence-corrected chi connectivity index (χ4v) is 0.853. The fourth-order valence-electron chi connectivity index (χ4n) is 0.561. The van der Waals surface area contributed by atoms with Crippen LogP contribution in [0.3, 0.4) is 0 Å². The van der Waals surface area contributed by atoms with Crippen molar-refractivity contribution in [1.29, 1.82) is 0 Å². The van der Waals surface area contributed by atoms with Gasteiger partial charge >= 0.3 is 0 Å². The maximum Gasteiger partial charge on any atom is 0.281 e. The van der Waals surface area contributed by atoms with Crippen LogP contribution in [0.1, 0.15) is 11.3 Å². The highest BCUT2D eigenvalue weighted by molar-refractivity contribution is 7.25. The second-order valence-electron chi connectivity index (χ2n) is 1.93. The Morgan fingerprint density at radius 3 is 2.70 bits per heavy atom. The van der Waals surface area contributed by atoms with E-state index in [0.29, 0.717) is 5.88 Å². The van der Waals surface area contributed by atoms with Gasteiger partial charge in [0.2, 0.25) is 5.88 Å². The first-order chi connectivity index (χ1) is 4.75. The molecule has 0 aliphatic carbocycles. The highest BCUT2D eigenvalue weighted by atomic mass is 31.1. The molecule has 1 N–H and O–H groups in total. The van der Waals surface area contributed by atoms with Gasteiger partial charge in [0.05, 0.1) is 5.69 Å². The van der Waals surface area contributed by atoms with Crippen LogP contribution in [0.15, 0.2) is 4.52 Å². The third-order valence-corrected chi connectivity index (χ3v) is 1.60. The standard InChI is InChI=1S/C5H7N2O2P/c1-3-4(2)6-9-5(3)7-10-8/h1-2H3,(H,7,8). The Kier molecular flexibility index (Phi) is 2.02. The second kappa shape index (κ2) is 2.80. The molecule has 0 saturated heterocycles. The van der Waals surface area contributed by atoms with Gasteiger partial charge in [0, 0.05) is 5.56 Å². The number of aromatic nitrogens is 1. The van der Waals surface area contributed by atoms with E-state index in [9.17, 15) is 4.57 Å². The van der Waals surface area contributed by atoms with Crippen LogP contribution >= 0.6 is 8.61 Å². The van der Waals surface area contributed by atoms with E-state index in [1.165, 1.54) is 0 Å². The summed E-state index contributed by atoms with van der Waals surface area (Å²) in [5.41, 5.74) is 1.70. The molecule has 0 saturated carbocycles. The SMILES string of the molecule is Cc1noc(NP=O)c1C. The molecule has 0 bridgehead atoms. The Hall–Kier alpha value is -0.890. The maximum absolute atomic E-state index is 10.0. The molecule has 54 valence electrons. The lowest BCUT2D eigenvalue weighted by Gasteiger charge is -1.87. The third kappa shape index (κ3) is 1.16. The van der Waals surface area contributed by atoms with Gasteiger partial charge in [0.1, 0.15) is 0 Å². The molecule has 0 aromatic carbocycles. The lowest BCUT2D eigenvalue weighted by Crippen LogP contribution is -1.79. The first-order valence-corrected chi connectivity index (χ1v) is 3.58. The Morgan fingerprint density at radius 2 is 2.30 bits per heavy atom. The molecule has 0 aliphatic heterocycles. The lowest BCUT2D eigenvalue weighted by molar-refractivity contribution is 0.430. The van der Waals surface area contributed by atoms with Crippen molar-refractivity contribution in [3.63, 3.8) is 0 Å². The molecule has 0 fully saturated rings. The molecular formula is C5H7N2O2P. The summed E-state index contributed by atoms with van der Waals surface area (Å²) in [6.07, 6.45) is 0. The third-order valence-electron chi connectivity index (χ3n) is 1.30. The normalized spacial score (nSPS) is 10.2. The molecule has 0 unspecified atom stereocenters. The Bertz CT molecular complexity index is 246. The van der Waals surface area contributed by atoms with Crippen molar-refractivity contribution in [3.8, 4) is 0 Å². The second-order valence-corrected chi connectivity index (χ2v) is 2.33. The van der Waals surface area contributed by atoms with Gasteiger partial charge < -0.3 is 4.52 Å². The molecular weight excluding hydrogens is 151 g/mol. The first-order valence-electron chi connectivity index (χ1n) is 2.77. The summed E-state index contributed by atoms with van der Waals surface area (Å²) in [6.45, 7) is 3.67. The van der Waals surface area contributed by atoms with Crippen molar-refractivity contribution in [3.05, 3.63) is 11.3 Å². The predicted octanol–water partition coefficient (Wildman–Crippen LogP) is 1.91. The average molecular weight is 158 g/mol. The van der Waals surface area contributed by atoms with E-state index in [-0.39, 0.29) is 8.61 Å². The minimum Gasteiger partial charge on any atom is -0.338 e. The molecule has 0 atom stereocenters. The van der Waals surface area contributed by atoms with Gasteiger partial charge in [-0.15, -0.1) is 0 Å². The number of nitrogens with zero attached hydrogens (tertiary/aromatic N) is 1. The van der Waals surface area contributed by atoms with Crippen molar-refractivity contribution < 1.29 is 9.09 Å². The van der Waals surface area contributed by atoms with E-state index in [0.717, 1.165) is 11.3 Å². The monoisotopic (exact) mass is 158 g/mol. The highest BCUT2D eigenvalue weighted by Gasteiger charge is 2.05. The van der Waals surface area contributed by atoms with Gasteiger partial charge in [-0.3, -0.25) is 5.09 Å². The summed E-state index contributed by atoms with van der Waals surface area (Å²) in [4.78, 5) is 0. The maximum atomic E-state index is 10.0. The topological polar surface area (TPSA) is 55.1 Å². The Labute approximate surface area is 59.9 Å². The van der Waals surface area contributed by atoms with E-state index < -0.39 is 0 Å². The molecule has 0 aliphatic rings. The predicted molar refractivity (Wildman–Crippen MR) is 37.2 cm³/mol. The van der Waals surface area contributed by atoms with E-state index in [2.05, 4.69) is 10.2 Å². The Morgan fingerprint density at radius 1 is 1.60 bits per heavy atom. The summed E-state index contributed by atoms with van der Waals surface area (Å²) in [5.74, 6) is 0.467. The van der Waals surface area contributed by atoms with Gasteiger partial charge in [0.25, 0.3) is 8.61 Å². The van der Waals surface area contributed by atoms with Crippen molar-refractivity contribution in [2.24, 2.45) is 0 Å².